The highest BCUT2D eigenvalue weighted by molar-refractivity contribution is 5.26. The Morgan fingerprint density at radius 2 is 2.05 bits per heavy atom. The molecule has 2 nitrogen and oxygen atoms in total. The van der Waals surface area contributed by atoms with Crippen LogP contribution in [0.15, 0.2) is 18.2 Å². The van der Waals surface area contributed by atoms with Gasteiger partial charge in [0.2, 0.25) is 0 Å². The molecule has 0 aromatic heterocycles. The van der Waals surface area contributed by atoms with Crippen molar-refractivity contribution in [1.29, 1.82) is 0 Å². The summed E-state index contributed by atoms with van der Waals surface area (Å²) in [7, 11) is 0. The molecule has 1 aromatic carbocycles. The summed E-state index contributed by atoms with van der Waals surface area (Å²) in [5.74, 6) is 0.579. The number of aliphatic hydroxyl groups is 1. The minimum Gasteiger partial charge on any atom is -0.389 e. The summed E-state index contributed by atoms with van der Waals surface area (Å²) in [6.45, 7) is 5.42. The summed E-state index contributed by atoms with van der Waals surface area (Å²) in [5, 5.41) is 13.8. The number of halogens is 1. The van der Waals surface area contributed by atoms with Crippen LogP contribution < -0.4 is 5.32 Å². The Morgan fingerprint density at radius 1 is 1.35 bits per heavy atom. The van der Waals surface area contributed by atoms with Crippen LogP contribution in [-0.2, 0) is 6.54 Å². The highest BCUT2D eigenvalue weighted by Gasteiger charge is 2.32. The molecule has 2 N–H and O–H groups in total. The van der Waals surface area contributed by atoms with E-state index >= 15 is 0 Å². The summed E-state index contributed by atoms with van der Waals surface area (Å²) in [6, 6.07) is 4.85. The van der Waals surface area contributed by atoms with Crippen LogP contribution in [0.2, 0.25) is 0 Å². The Morgan fingerprint density at radius 3 is 2.70 bits per heavy atom. The van der Waals surface area contributed by atoms with Crippen LogP contribution in [0.5, 0.6) is 0 Å². The molecule has 0 saturated heterocycles. The first-order chi connectivity index (χ1) is 9.52. The minimum absolute atomic E-state index is 0.199. The Labute approximate surface area is 121 Å². The Hall–Kier alpha value is -0.930. The lowest BCUT2D eigenvalue weighted by Gasteiger charge is -2.36. The van der Waals surface area contributed by atoms with Crippen molar-refractivity contribution in [2.75, 3.05) is 6.54 Å². The van der Waals surface area contributed by atoms with E-state index in [-0.39, 0.29) is 5.82 Å². The van der Waals surface area contributed by atoms with E-state index in [1.54, 1.807) is 12.1 Å². The van der Waals surface area contributed by atoms with Crippen LogP contribution in [0, 0.1) is 18.7 Å². The molecule has 0 atom stereocenters. The van der Waals surface area contributed by atoms with Crippen LogP contribution >= 0.6 is 0 Å². The van der Waals surface area contributed by atoms with Gasteiger partial charge in [-0.05, 0) is 61.8 Å². The van der Waals surface area contributed by atoms with Gasteiger partial charge in [-0.3, -0.25) is 0 Å². The van der Waals surface area contributed by atoms with Crippen molar-refractivity contribution in [2.45, 2.75) is 58.1 Å². The van der Waals surface area contributed by atoms with Gasteiger partial charge in [-0.25, -0.2) is 4.39 Å². The molecule has 0 amide bonds. The molecule has 0 unspecified atom stereocenters. The van der Waals surface area contributed by atoms with Crippen molar-refractivity contribution >= 4 is 0 Å². The van der Waals surface area contributed by atoms with Gasteiger partial charge in [0.25, 0.3) is 0 Å². The van der Waals surface area contributed by atoms with Gasteiger partial charge >= 0.3 is 0 Å². The van der Waals surface area contributed by atoms with Crippen molar-refractivity contribution < 1.29 is 9.50 Å². The topological polar surface area (TPSA) is 32.3 Å². The van der Waals surface area contributed by atoms with Gasteiger partial charge < -0.3 is 10.4 Å². The number of nitrogens with one attached hydrogen (secondary N) is 1. The molecule has 0 bridgehead atoms. The lowest BCUT2D eigenvalue weighted by molar-refractivity contribution is -0.00882. The molecule has 2 rings (SSSR count). The van der Waals surface area contributed by atoms with Crippen LogP contribution in [-0.4, -0.2) is 17.3 Å². The molecule has 3 heteroatoms. The number of benzene rings is 1. The molecular weight excluding hydrogens is 253 g/mol. The van der Waals surface area contributed by atoms with Crippen LogP contribution in [0.1, 0.15) is 50.2 Å². The van der Waals surface area contributed by atoms with Gasteiger partial charge in [0.05, 0.1) is 5.60 Å². The van der Waals surface area contributed by atoms with E-state index in [0.717, 1.165) is 42.7 Å². The second-order valence-corrected chi connectivity index (χ2v) is 6.25. The maximum Gasteiger partial charge on any atom is 0.123 e. The first kappa shape index (κ1) is 15.5. The smallest absolute Gasteiger partial charge is 0.123 e. The average Bonchev–Trinajstić information content (AvgIpc) is 2.43. The van der Waals surface area contributed by atoms with Crippen LogP contribution in [0.4, 0.5) is 4.39 Å². The summed E-state index contributed by atoms with van der Waals surface area (Å²) in [6.07, 6.45) is 5.20. The molecule has 0 aliphatic heterocycles. The summed E-state index contributed by atoms with van der Waals surface area (Å²) in [5.41, 5.74) is 1.48. The largest absolute Gasteiger partial charge is 0.389 e. The third-order valence-corrected chi connectivity index (χ3v) is 4.69. The fraction of sp³-hybridized carbons (Fsp3) is 0.647. The fourth-order valence-electron chi connectivity index (χ4n) is 3.06. The van der Waals surface area contributed by atoms with Gasteiger partial charge in [0.1, 0.15) is 5.82 Å². The number of rotatable bonds is 5. The minimum atomic E-state index is -0.576. The summed E-state index contributed by atoms with van der Waals surface area (Å²) < 4.78 is 13.2. The molecule has 1 fully saturated rings. The standard InChI is InChI=1S/C17H26FNO/c1-3-14-6-8-17(20,9-7-14)12-19-11-15-10-16(18)5-4-13(15)2/h4-5,10,14,19-20H,3,6-9,11-12H2,1-2H3. The second kappa shape index (κ2) is 6.68. The van der Waals surface area contributed by atoms with Gasteiger partial charge in [-0.1, -0.05) is 19.4 Å². The van der Waals surface area contributed by atoms with E-state index in [1.165, 1.54) is 12.5 Å². The first-order valence-electron chi connectivity index (χ1n) is 7.70. The summed E-state index contributed by atoms with van der Waals surface area (Å²) >= 11 is 0. The molecule has 1 saturated carbocycles. The van der Waals surface area contributed by atoms with Crippen molar-refractivity contribution in [2.24, 2.45) is 5.92 Å². The zero-order valence-corrected chi connectivity index (χ0v) is 12.6. The zero-order valence-electron chi connectivity index (χ0n) is 12.6. The predicted octanol–water partition coefficient (Wildman–Crippen LogP) is 3.56. The van der Waals surface area contributed by atoms with Crippen molar-refractivity contribution in [1.82, 2.24) is 5.32 Å². The molecule has 1 aromatic rings. The van der Waals surface area contributed by atoms with Crippen molar-refractivity contribution in [3.63, 3.8) is 0 Å². The molecule has 20 heavy (non-hydrogen) atoms. The van der Waals surface area contributed by atoms with Crippen molar-refractivity contribution in [3.8, 4) is 0 Å². The average molecular weight is 279 g/mol. The quantitative estimate of drug-likeness (QED) is 0.864. The molecular formula is C17H26FNO. The van der Waals surface area contributed by atoms with Gasteiger partial charge in [0, 0.05) is 13.1 Å². The fourth-order valence-corrected chi connectivity index (χ4v) is 3.06. The van der Waals surface area contributed by atoms with E-state index < -0.39 is 5.60 Å². The molecule has 0 radical (unpaired) electrons. The van der Waals surface area contributed by atoms with Gasteiger partial charge in [0.15, 0.2) is 0 Å². The van der Waals surface area contributed by atoms with E-state index in [4.69, 9.17) is 0 Å². The number of aryl methyl sites for hydroxylation is 1. The Bertz CT molecular complexity index is 439. The first-order valence-corrected chi connectivity index (χ1v) is 7.70. The SMILES string of the molecule is CCC1CCC(O)(CNCc2cc(F)ccc2C)CC1. The van der Waals surface area contributed by atoms with E-state index in [2.05, 4.69) is 12.2 Å². The third kappa shape index (κ3) is 4.03. The third-order valence-electron chi connectivity index (χ3n) is 4.69. The van der Waals surface area contributed by atoms with Crippen LogP contribution in [0.3, 0.4) is 0 Å². The molecule has 112 valence electrons. The van der Waals surface area contributed by atoms with Gasteiger partial charge in [-0.15, -0.1) is 0 Å². The molecule has 1 aliphatic carbocycles. The maximum absolute atomic E-state index is 13.2. The van der Waals surface area contributed by atoms with Gasteiger partial charge in [-0.2, -0.15) is 0 Å². The summed E-state index contributed by atoms with van der Waals surface area (Å²) in [4.78, 5) is 0. The maximum atomic E-state index is 13.2. The molecule has 0 spiro atoms. The molecule has 0 heterocycles. The van der Waals surface area contributed by atoms with E-state index in [9.17, 15) is 9.50 Å². The lowest BCUT2D eigenvalue weighted by atomic mass is 9.78. The van der Waals surface area contributed by atoms with E-state index in [1.807, 2.05) is 6.92 Å². The predicted molar refractivity (Wildman–Crippen MR) is 80.0 cm³/mol. The number of hydrogen-bond acceptors (Lipinski definition) is 2. The Balaban J connectivity index is 1.82. The normalized spacial score (nSPS) is 26.7. The highest BCUT2D eigenvalue weighted by atomic mass is 19.1. The van der Waals surface area contributed by atoms with Crippen molar-refractivity contribution in [3.05, 3.63) is 35.1 Å². The van der Waals surface area contributed by atoms with Crippen LogP contribution in [0.25, 0.3) is 0 Å². The van der Waals surface area contributed by atoms with E-state index in [0.29, 0.717) is 13.1 Å². The monoisotopic (exact) mass is 279 g/mol. The highest BCUT2D eigenvalue weighted by Crippen LogP contribution is 2.33. The number of hydrogen-bond donors (Lipinski definition) is 2. The second-order valence-electron chi connectivity index (χ2n) is 6.25. The lowest BCUT2D eigenvalue weighted by Crippen LogP contribution is -2.43. The molecule has 1 aliphatic rings. The zero-order chi connectivity index (χ0) is 14.6. The Kier molecular flexibility index (Phi) is 5.17.